The molecule has 2 unspecified atom stereocenters. The van der Waals surface area contributed by atoms with Crippen molar-refractivity contribution in [3.8, 4) is 0 Å². The fourth-order valence-corrected chi connectivity index (χ4v) is 1.99. The molecule has 0 aromatic carbocycles. The summed E-state index contributed by atoms with van der Waals surface area (Å²) in [7, 11) is 1.66. The molecule has 0 rings (SSSR count). The van der Waals surface area contributed by atoms with Crippen LogP contribution < -0.4 is 5.73 Å². The SMILES string of the molecule is COCCOCCOCCOC(CCN)CC(C)OCC(C)C. The van der Waals surface area contributed by atoms with Crippen molar-refractivity contribution in [3.05, 3.63) is 0 Å². The Morgan fingerprint density at radius 3 is 2.00 bits per heavy atom. The quantitative estimate of drug-likeness (QED) is 0.409. The number of nitrogens with two attached hydrogens (primary N) is 1. The summed E-state index contributed by atoms with van der Waals surface area (Å²) in [6.07, 6.45) is 2.02. The van der Waals surface area contributed by atoms with Crippen LogP contribution >= 0.6 is 0 Å². The molecule has 0 heterocycles. The number of rotatable bonds is 17. The minimum Gasteiger partial charge on any atom is -0.382 e. The highest BCUT2D eigenvalue weighted by molar-refractivity contribution is 4.64. The summed E-state index contributed by atoms with van der Waals surface area (Å²) in [4.78, 5) is 0. The molecular formula is C17H37NO5. The average molecular weight is 335 g/mol. The van der Waals surface area contributed by atoms with Crippen molar-refractivity contribution in [2.75, 3.05) is 59.9 Å². The van der Waals surface area contributed by atoms with Gasteiger partial charge < -0.3 is 29.4 Å². The molecule has 0 amide bonds. The summed E-state index contributed by atoms with van der Waals surface area (Å²) >= 11 is 0. The van der Waals surface area contributed by atoms with Crippen LogP contribution in [0.2, 0.25) is 0 Å². The zero-order valence-corrected chi connectivity index (χ0v) is 15.4. The molecule has 0 aliphatic rings. The Balaban J connectivity index is 3.63. The molecule has 0 fully saturated rings. The van der Waals surface area contributed by atoms with Gasteiger partial charge in [-0.3, -0.25) is 0 Å². The fraction of sp³-hybridized carbons (Fsp3) is 1.00. The second-order valence-electron chi connectivity index (χ2n) is 6.06. The van der Waals surface area contributed by atoms with Crippen LogP contribution in [0.25, 0.3) is 0 Å². The molecule has 6 nitrogen and oxygen atoms in total. The van der Waals surface area contributed by atoms with Gasteiger partial charge in [-0.1, -0.05) is 13.8 Å². The molecule has 2 atom stereocenters. The molecule has 23 heavy (non-hydrogen) atoms. The Labute approximate surface area is 141 Å². The normalized spacial score (nSPS) is 14.3. The molecule has 0 saturated heterocycles. The first kappa shape index (κ1) is 22.8. The highest BCUT2D eigenvalue weighted by Gasteiger charge is 2.14. The van der Waals surface area contributed by atoms with E-state index in [4.69, 9.17) is 29.4 Å². The molecule has 0 aromatic heterocycles. The van der Waals surface area contributed by atoms with Gasteiger partial charge in [-0.15, -0.1) is 0 Å². The van der Waals surface area contributed by atoms with Gasteiger partial charge in [-0.2, -0.15) is 0 Å². The highest BCUT2D eigenvalue weighted by atomic mass is 16.6. The Kier molecular flexibility index (Phi) is 16.4. The largest absolute Gasteiger partial charge is 0.382 e. The van der Waals surface area contributed by atoms with E-state index in [1.165, 1.54) is 0 Å². The van der Waals surface area contributed by atoms with Gasteiger partial charge in [-0.25, -0.2) is 0 Å². The van der Waals surface area contributed by atoms with Gasteiger partial charge in [0.05, 0.1) is 51.8 Å². The van der Waals surface area contributed by atoms with Gasteiger partial charge in [0.1, 0.15) is 0 Å². The summed E-state index contributed by atoms with van der Waals surface area (Å²) in [6.45, 7) is 11.3. The molecule has 140 valence electrons. The minimum atomic E-state index is 0.128. The zero-order valence-electron chi connectivity index (χ0n) is 15.4. The topological polar surface area (TPSA) is 72.2 Å². The lowest BCUT2D eigenvalue weighted by Crippen LogP contribution is -2.26. The van der Waals surface area contributed by atoms with Crippen molar-refractivity contribution in [1.29, 1.82) is 0 Å². The molecule has 0 bridgehead atoms. The van der Waals surface area contributed by atoms with E-state index in [1.807, 2.05) is 0 Å². The Hall–Kier alpha value is -0.240. The van der Waals surface area contributed by atoms with Gasteiger partial charge in [0, 0.05) is 13.7 Å². The summed E-state index contributed by atoms with van der Waals surface area (Å²) < 4.78 is 27.3. The van der Waals surface area contributed by atoms with Crippen LogP contribution in [0.4, 0.5) is 0 Å². The van der Waals surface area contributed by atoms with Crippen LogP contribution in [0.3, 0.4) is 0 Å². The van der Waals surface area contributed by atoms with Crippen molar-refractivity contribution in [2.45, 2.75) is 45.8 Å². The van der Waals surface area contributed by atoms with Gasteiger partial charge in [0.25, 0.3) is 0 Å². The van der Waals surface area contributed by atoms with E-state index < -0.39 is 0 Å². The van der Waals surface area contributed by atoms with Crippen LogP contribution in [0, 0.1) is 5.92 Å². The highest BCUT2D eigenvalue weighted by Crippen LogP contribution is 2.10. The Morgan fingerprint density at radius 2 is 1.43 bits per heavy atom. The first-order chi connectivity index (χ1) is 11.1. The summed E-state index contributed by atoms with van der Waals surface area (Å²) in [5, 5.41) is 0. The van der Waals surface area contributed by atoms with Crippen LogP contribution in [-0.4, -0.2) is 72.1 Å². The Morgan fingerprint density at radius 1 is 0.826 bits per heavy atom. The zero-order chi connectivity index (χ0) is 17.3. The van der Waals surface area contributed by atoms with Gasteiger partial charge in [0.2, 0.25) is 0 Å². The van der Waals surface area contributed by atoms with Crippen molar-refractivity contribution < 1.29 is 23.7 Å². The molecule has 0 aliphatic heterocycles. The second-order valence-corrected chi connectivity index (χ2v) is 6.06. The van der Waals surface area contributed by atoms with E-state index in [0.29, 0.717) is 52.1 Å². The number of hydrogen-bond donors (Lipinski definition) is 1. The van der Waals surface area contributed by atoms with Gasteiger partial charge >= 0.3 is 0 Å². The van der Waals surface area contributed by atoms with Crippen LogP contribution in [0.15, 0.2) is 0 Å². The van der Waals surface area contributed by atoms with Crippen LogP contribution in [0.1, 0.15) is 33.6 Å². The standard InChI is InChI=1S/C17H37NO5/c1-15(2)14-23-16(3)13-17(5-6-18)22-12-11-21-10-9-20-8-7-19-4/h15-17H,5-14,18H2,1-4H3. The Bertz CT molecular complexity index is 241. The van der Waals surface area contributed by atoms with Crippen LogP contribution in [0.5, 0.6) is 0 Å². The lowest BCUT2D eigenvalue weighted by Gasteiger charge is -2.22. The van der Waals surface area contributed by atoms with E-state index in [-0.39, 0.29) is 12.2 Å². The van der Waals surface area contributed by atoms with E-state index in [9.17, 15) is 0 Å². The summed E-state index contributed by atoms with van der Waals surface area (Å²) in [5.41, 5.74) is 5.66. The van der Waals surface area contributed by atoms with Crippen LogP contribution in [-0.2, 0) is 23.7 Å². The molecule has 0 saturated carbocycles. The second kappa shape index (κ2) is 16.6. The van der Waals surface area contributed by atoms with E-state index in [2.05, 4.69) is 20.8 Å². The minimum absolute atomic E-state index is 0.128. The maximum Gasteiger partial charge on any atom is 0.0704 e. The van der Waals surface area contributed by atoms with Crippen molar-refractivity contribution >= 4 is 0 Å². The summed E-state index contributed by atoms with van der Waals surface area (Å²) in [6, 6.07) is 0. The molecule has 0 radical (unpaired) electrons. The smallest absolute Gasteiger partial charge is 0.0704 e. The van der Waals surface area contributed by atoms with E-state index in [0.717, 1.165) is 19.4 Å². The number of methoxy groups -OCH3 is 1. The predicted molar refractivity (Wildman–Crippen MR) is 91.8 cm³/mol. The molecule has 0 spiro atoms. The number of hydrogen-bond acceptors (Lipinski definition) is 6. The van der Waals surface area contributed by atoms with E-state index in [1.54, 1.807) is 7.11 Å². The van der Waals surface area contributed by atoms with Crippen molar-refractivity contribution in [2.24, 2.45) is 11.7 Å². The first-order valence-electron chi connectivity index (χ1n) is 8.67. The maximum atomic E-state index is 5.86. The molecule has 6 heteroatoms. The third-order valence-corrected chi connectivity index (χ3v) is 3.18. The molecule has 2 N–H and O–H groups in total. The van der Waals surface area contributed by atoms with E-state index >= 15 is 0 Å². The molecule has 0 aliphatic carbocycles. The third-order valence-electron chi connectivity index (χ3n) is 3.18. The monoisotopic (exact) mass is 335 g/mol. The lowest BCUT2D eigenvalue weighted by molar-refractivity contribution is -0.0427. The fourth-order valence-electron chi connectivity index (χ4n) is 1.99. The summed E-state index contributed by atoms with van der Waals surface area (Å²) in [5.74, 6) is 0.547. The van der Waals surface area contributed by atoms with Gasteiger partial charge in [0.15, 0.2) is 0 Å². The number of ether oxygens (including phenoxy) is 5. The van der Waals surface area contributed by atoms with Gasteiger partial charge in [-0.05, 0) is 32.2 Å². The molecular weight excluding hydrogens is 298 g/mol. The lowest BCUT2D eigenvalue weighted by atomic mass is 10.1. The molecule has 0 aromatic rings. The third kappa shape index (κ3) is 16.4. The van der Waals surface area contributed by atoms with Crippen molar-refractivity contribution in [1.82, 2.24) is 0 Å². The maximum absolute atomic E-state index is 5.86. The first-order valence-corrected chi connectivity index (χ1v) is 8.67. The van der Waals surface area contributed by atoms with Crippen molar-refractivity contribution in [3.63, 3.8) is 0 Å². The predicted octanol–water partition coefficient (Wildman–Crippen LogP) is 1.85. The average Bonchev–Trinajstić information content (AvgIpc) is 2.51.